The zero-order valence-corrected chi connectivity index (χ0v) is 12.5. The zero-order chi connectivity index (χ0) is 17.2. The number of rotatable bonds is 3. The highest BCUT2D eigenvalue weighted by atomic mass is 19.4. The Bertz CT molecular complexity index is 746. The van der Waals surface area contributed by atoms with Gasteiger partial charge in [-0.05, 0) is 24.3 Å². The Morgan fingerprint density at radius 2 is 1.75 bits per heavy atom. The van der Waals surface area contributed by atoms with Crippen LogP contribution in [-0.4, -0.2) is 25.2 Å². The average Bonchev–Trinajstić information content (AvgIpc) is 2.58. The third-order valence-electron chi connectivity index (χ3n) is 3.53. The SMILES string of the molecule is O=C(NCC1COc2ccccc2O1)c1ccccc1C(F)(F)F. The summed E-state index contributed by atoms with van der Waals surface area (Å²) in [5.74, 6) is 0.339. The van der Waals surface area contributed by atoms with Gasteiger partial charge in [0.05, 0.1) is 17.7 Å². The number of amides is 1. The standard InChI is InChI=1S/C17H14F3NO3/c18-17(19,20)13-6-2-1-5-12(13)16(22)21-9-11-10-23-14-7-3-4-8-15(14)24-11/h1-8,11H,9-10H2,(H,21,22). The molecule has 0 spiro atoms. The Labute approximate surface area is 136 Å². The number of nitrogens with one attached hydrogen (secondary N) is 1. The van der Waals surface area contributed by atoms with E-state index in [9.17, 15) is 18.0 Å². The fraction of sp³-hybridized carbons (Fsp3) is 0.235. The van der Waals surface area contributed by atoms with Crippen LogP contribution in [-0.2, 0) is 6.18 Å². The number of ether oxygens (including phenoxy) is 2. The third-order valence-corrected chi connectivity index (χ3v) is 3.53. The van der Waals surface area contributed by atoms with E-state index in [4.69, 9.17) is 9.47 Å². The van der Waals surface area contributed by atoms with E-state index in [-0.39, 0.29) is 13.2 Å². The van der Waals surface area contributed by atoms with E-state index in [0.29, 0.717) is 11.5 Å². The molecule has 1 N–H and O–H groups in total. The second-order valence-electron chi connectivity index (χ2n) is 5.25. The first kappa shape index (κ1) is 16.2. The molecule has 1 aliphatic heterocycles. The van der Waals surface area contributed by atoms with E-state index in [2.05, 4.69) is 5.32 Å². The number of carbonyl (C=O) groups excluding carboxylic acids is 1. The third kappa shape index (κ3) is 3.45. The lowest BCUT2D eigenvalue weighted by Gasteiger charge is -2.26. The molecule has 0 aromatic heterocycles. The molecule has 1 heterocycles. The second-order valence-corrected chi connectivity index (χ2v) is 5.25. The lowest BCUT2D eigenvalue weighted by molar-refractivity contribution is -0.137. The Morgan fingerprint density at radius 3 is 2.50 bits per heavy atom. The summed E-state index contributed by atoms with van der Waals surface area (Å²) in [6, 6.07) is 11.7. The summed E-state index contributed by atoms with van der Waals surface area (Å²) in [5.41, 5.74) is -1.38. The number of hydrogen-bond acceptors (Lipinski definition) is 3. The van der Waals surface area contributed by atoms with Crippen molar-refractivity contribution in [2.75, 3.05) is 13.2 Å². The molecule has 0 aliphatic carbocycles. The molecule has 126 valence electrons. The number of benzene rings is 2. The maximum Gasteiger partial charge on any atom is 0.417 e. The summed E-state index contributed by atoms with van der Waals surface area (Å²) in [6.45, 7) is 0.248. The molecule has 7 heteroatoms. The first-order valence-electron chi connectivity index (χ1n) is 7.28. The molecule has 0 fully saturated rings. The highest BCUT2D eigenvalue weighted by Crippen LogP contribution is 2.32. The maximum atomic E-state index is 12.9. The molecule has 0 saturated heterocycles. The lowest BCUT2D eigenvalue weighted by Crippen LogP contribution is -2.41. The van der Waals surface area contributed by atoms with Crippen LogP contribution >= 0.6 is 0 Å². The number of para-hydroxylation sites is 2. The van der Waals surface area contributed by atoms with Gasteiger partial charge in [-0.15, -0.1) is 0 Å². The van der Waals surface area contributed by atoms with Crippen LogP contribution in [0, 0.1) is 0 Å². The minimum atomic E-state index is -4.59. The quantitative estimate of drug-likeness (QED) is 0.935. The molecule has 1 amide bonds. The van der Waals surface area contributed by atoms with Crippen LogP contribution in [0.15, 0.2) is 48.5 Å². The van der Waals surface area contributed by atoms with Gasteiger partial charge in [0.15, 0.2) is 11.5 Å². The Kier molecular flexibility index (Phi) is 4.33. The van der Waals surface area contributed by atoms with Crippen LogP contribution in [0.5, 0.6) is 11.5 Å². The van der Waals surface area contributed by atoms with E-state index in [1.165, 1.54) is 12.1 Å². The van der Waals surface area contributed by atoms with E-state index in [1.807, 2.05) is 0 Å². The van der Waals surface area contributed by atoms with Gasteiger partial charge in [0, 0.05) is 0 Å². The van der Waals surface area contributed by atoms with E-state index < -0.39 is 29.3 Å². The number of hydrogen-bond donors (Lipinski definition) is 1. The Hall–Kier alpha value is -2.70. The number of fused-ring (bicyclic) bond motifs is 1. The topological polar surface area (TPSA) is 47.6 Å². The van der Waals surface area contributed by atoms with Gasteiger partial charge in [-0.25, -0.2) is 0 Å². The molecule has 0 radical (unpaired) electrons. The van der Waals surface area contributed by atoms with Gasteiger partial charge in [0.2, 0.25) is 0 Å². The van der Waals surface area contributed by atoms with Crippen molar-refractivity contribution in [1.82, 2.24) is 5.32 Å². The predicted molar refractivity (Wildman–Crippen MR) is 80.1 cm³/mol. The first-order valence-corrected chi connectivity index (χ1v) is 7.28. The molecule has 1 unspecified atom stereocenters. The van der Waals surface area contributed by atoms with Crippen molar-refractivity contribution in [2.24, 2.45) is 0 Å². The molecule has 24 heavy (non-hydrogen) atoms. The molecule has 4 nitrogen and oxygen atoms in total. The molecule has 2 aromatic rings. The predicted octanol–water partition coefficient (Wildman–Crippen LogP) is 3.28. The summed E-state index contributed by atoms with van der Waals surface area (Å²) in [4.78, 5) is 12.1. The van der Waals surface area contributed by atoms with E-state index in [1.54, 1.807) is 24.3 Å². The van der Waals surface area contributed by atoms with Crippen LogP contribution in [0.3, 0.4) is 0 Å². The Balaban J connectivity index is 1.65. The van der Waals surface area contributed by atoms with Crippen molar-refractivity contribution in [3.8, 4) is 11.5 Å². The molecule has 2 aromatic carbocycles. The lowest BCUT2D eigenvalue weighted by atomic mass is 10.1. The monoisotopic (exact) mass is 337 g/mol. The van der Waals surface area contributed by atoms with Crippen LogP contribution in [0.1, 0.15) is 15.9 Å². The largest absolute Gasteiger partial charge is 0.486 e. The smallest absolute Gasteiger partial charge is 0.417 e. The normalized spacial score (nSPS) is 16.5. The second kappa shape index (κ2) is 6.43. The average molecular weight is 337 g/mol. The minimum absolute atomic E-state index is 0.0410. The Morgan fingerprint density at radius 1 is 1.08 bits per heavy atom. The van der Waals surface area contributed by atoms with Crippen molar-refractivity contribution in [3.63, 3.8) is 0 Å². The van der Waals surface area contributed by atoms with Gasteiger partial charge in [-0.3, -0.25) is 4.79 Å². The molecule has 0 bridgehead atoms. The van der Waals surface area contributed by atoms with Crippen molar-refractivity contribution in [3.05, 3.63) is 59.7 Å². The van der Waals surface area contributed by atoms with Gasteiger partial charge in [-0.1, -0.05) is 24.3 Å². The van der Waals surface area contributed by atoms with Gasteiger partial charge in [0.25, 0.3) is 5.91 Å². The fourth-order valence-electron chi connectivity index (χ4n) is 2.39. The number of carbonyl (C=O) groups is 1. The van der Waals surface area contributed by atoms with Gasteiger partial charge in [-0.2, -0.15) is 13.2 Å². The van der Waals surface area contributed by atoms with E-state index >= 15 is 0 Å². The van der Waals surface area contributed by atoms with Crippen molar-refractivity contribution in [1.29, 1.82) is 0 Å². The molecular formula is C17H14F3NO3. The van der Waals surface area contributed by atoms with Crippen LogP contribution in [0.4, 0.5) is 13.2 Å². The summed E-state index contributed by atoms with van der Waals surface area (Å²) in [5, 5.41) is 2.47. The zero-order valence-electron chi connectivity index (χ0n) is 12.5. The fourth-order valence-corrected chi connectivity index (χ4v) is 2.39. The van der Waals surface area contributed by atoms with Crippen LogP contribution in [0.25, 0.3) is 0 Å². The molecule has 1 atom stereocenters. The molecular weight excluding hydrogens is 323 g/mol. The number of halogens is 3. The summed E-state index contributed by atoms with van der Waals surface area (Å²) < 4.78 is 50.0. The number of alkyl halides is 3. The van der Waals surface area contributed by atoms with Crippen molar-refractivity contribution < 1.29 is 27.4 Å². The first-order chi connectivity index (χ1) is 11.4. The van der Waals surface area contributed by atoms with Crippen molar-refractivity contribution >= 4 is 5.91 Å². The van der Waals surface area contributed by atoms with Crippen LogP contribution in [0.2, 0.25) is 0 Å². The summed E-state index contributed by atoms with van der Waals surface area (Å²) in [6.07, 6.45) is -5.06. The maximum absolute atomic E-state index is 12.9. The van der Waals surface area contributed by atoms with Gasteiger partial charge >= 0.3 is 6.18 Å². The summed E-state index contributed by atoms with van der Waals surface area (Å²) in [7, 11) is 0. The van der Waals surface area contributed by atoms with E-state index in [0.717, 1.165) is 12.1 Å². The van der Waals surface area contributed by atoms with Crippen LogP contribution < -0.4 is 14.8 Å². The molecule has 1 aliphatic rings. The highest BCUT2D eigenvalue weighted by Gasteiger charge is 2.35. The highest BCUT2D eigenvalue weighted by molar-refractivity contribution is 5.95. The molecule has 0 saturated carbocycles. The van der Waals surface area contributed by atoms with Crippen molar-refractivity contribution in [2.45, 2.75) is 12.3 Å². The molecule has 3 rings (SSSR count). The summed E-state index contributed by atoms with van der Waals surface area (Å²) >= 11 is 0. The van der Waals surface area contributed by atoms with Gasteiger partial charge < -0.3 is 14.8 Å². The van der Waals surface area contributed by atoms with Gasteiger partial charge in [0.1, 0.15) is 12.7 Å². The minimum Gasteiger partial charge on any atom is -0.486 e.